The summed E-state index contributed by atoms with van der Waals surface area (Å²) in [5.74, 6) is -0.517. The van der Waals surface area contributed by atoms with Crippen LogP contribution in [-0.4, -0.2) is 27.1 Å². The van der Waals surface area contributed by atoms with E-state index in [-0.39, 0.29) is 18.9 Å². The first-order valence-corrected chi connectivity index (χ1v) is 5.91. The smallest absolute Gasteiger partial charge is 0.358 e. The molecule has 2 rings (SSSR count). The normalized spacial score (nSPS) is 10.8. The molecule has 0 fully saturated rings. The molecule has 90 valence electrons. The number of ether oxygens (including phenoxy) is 1. The molecule has 2 aromatic rings. The number of pyridine rings is 1. The van der Waals surface area contributed by atoms with Crippen LogP contribution in [0, 0.1) is 0 Å². The van der Waals surface area contributed by atoms with E-state index in [0.29, 0.717) is 11.3 Å². The van der Waals surface area contributed by atoms with Gasteiger partial charge in [-0.2, -0.15) is 0 Å². The number of imidazole rings is 1. The number of carbonyl (C=O) groups excluding carboxylic acids is 1. The molecule has 17 heavy (non-hydrogen) atoms. The molecule has 0 spiro atoms. The van der Waals surface area contributed by atoms with Crippen molar-refractivity contribution in [2.45, 2.75) is 13.5 Å². The van der Waals surface area contributed by atoms with Crippen molar-refractivity contribution in [2.24, 2.45) is 0 Å². The van der Waals surface area contributed by atoms with Crippen LogP contribution >= 0.6 is 15.9 Å². The Morgan fingerprint density at radius 2 is 2.35 bits per heavy atom. The summed E-state index contributed by atoms with van der Waals surface area (Å²) >= 11 is 3.33. The number of aliphatic hydroxyl groups excluding tert-OH is 1. The van der Waals surface area contributed by atoms with Crippen LogP contribution in [0.5, 0.6) is 0 Å². The van der Waals surface area contributed by atoms with Gasteiger partial charge in [0.25, 0.3) is 0 Å². The molecule has 0 aliphatic carbocycles. The summed E-state index contributed by atoms with van der Waals surface area (Å²) in [5.41, 5.74) is 1.19. The minimum Gasteiger partial charge on any atom is -0.461 e. The van der Waals surface area contributed by atoms with Gasteiger partial charge in [0.2, 0.25) is 0 Å². The lowest BCUT2D eigenvalue weighted by molar-refractivity contribution is 0.0516. The maximum absolute atomic E-state index is 11.7. The number of aliphatic hydroxyl groups is 1. The summed E-state index contributed by atoms with van der Waals surface area (Å²) in [6, 6.07) is 3.57. The minimum absolute atomic E-state index is 0.160. The van der Waals surface area contributed by atoms with E-state index < -0.39 is 5.97 Å². The number of esters is 1. The fourth-order valence-electron chi connectivity index (χ4n) is 1.58. The van der Waals surface area contributed by atoms with E-state index in [4.69, 9.17) is 4.74 Å². The fraction of sp³-hybridized carbons (Fsp3) is 0.273. The van der Waals surface area contributed by atoms with Crippen molar-refractivity contribution in [2.75, 3.05) is 6.61 Å². The van der Waals surface area contributed by atoms with Crippen molar-refractivity contribution in [1.29, 1.82) is 0 Å². The fourth-order valence-corrected chi connectivity index (χ4v) is 1.92. The molecule has 2 aromatic heterocycles. The van der Waals surface area contributed by atoms with Crippen LogP contribution in [0.1, 0.15) is 23.1 Å². The van der Waals surface area contributed by atoms with Crippen LogP contribution in [-0.2, 0) is 11.3 Å². The number of rotatable bonds is 3. The van der Waals surface area contributed by atoms with Crippen molar-refractivity contribution in [3.8, 4) is 0 Å². The van der Waals surface area contributed by atoms with E-state index in [1.807, 2.05) is 6.07 Å². The third-order valence-electron chi connectivity index (χ3n) is 2.30. The van der Waals surface area contributed by atoms with Gasteiger partial charge < -0.3 is 9.84 Å². The van der Waals surface area contributed by atoms with Gasteiger partial charge in [-0.3, -0.25) is 4.40 Å². The minimum atomic E-state index is -0.517. The van der Waals surface area contributed by atoms with Gasteiger partial charge in [-0.25, -0.2) is 9.78 Å². The molecule has 0 saturated heterocycles. The average Bonchev–Trinajstić information content (AvgIpc) is 2.67. The quantitative estimate of drug-likeness (QED) is 0.877. The molecule has 0 aromatic carbocycles. The van der Waals surface area contributed by atoms with E-state index in [1.165, 1.54) is 0 Å². The second-order valence-electron chi connectivity index (χ2n) is 3.36. The lowest BCUT2D eigenvalue weighted by Gasteiger charge is -2.01. The third kappa shape index (κ3) is 2.18. The van der Waals surface area contributed by atoms with Gasteiger partial charge in [-0.05, 0) is 35.0 Å². The van der Waals surface area contributed by atoms with E-state index >= 15 is 0 Å². The van der Waals surface area contributed by atoms with Gasteiger partial charge in [-0.1, -0.05) is 0 Å². The van der Waals surface area contributed by atoms with Crippen molar-refractivity contribution in [3.05, 3.63) is 34.2 Å². The van der Waals surface area contributed by atoms with E-state index in [1.54, 1.807) is 23.6 Å². The molecule has 1 N–H and O–H groups in total. The molecule has 6 heteroatoms. The summed E-state index contributed by atoms with van der Waals surface area (Å²) in [6.45, 7) is 1.73. The lowest BCUT2D eigenvalue weighted by atomic mass is 10.3. The molecule has 0 radical (unpaired) electrons. The molecule has 0 amide bonds. The van der Waals surface area contributed by atoms with Crippen molar-refractivity contribution in [3.63, 3.8) is 0 Å². The van der Waals surface area contributed by atoms with Crippen LogP contribution in [0.2, 0.25) is 0 Å². The maximum atomic E-state index is 11.7. The summed E-state index contributed by atoms with van der Waals surface area (Å²) in [4.78, 5) is 15.8. The first-order chi connectivity index (χ1) is 8.17. The number of nitrogens with zero attached hydrogens (tertiary/aromatic N) is 2. The predicted molar refractivity (Wildman–Crippen MR) is 64.8 cm³/mol. The number of hydrogen-bond donors (Lipinski definition) is 1. The Hall–Kier alpha value is -1.40. The highest BCUT2D eigenvalue weighted by Gasteiger charge is 2.19. The molecule has 0 aliphatic rings. The van der Waals surface area contributed by atoms with Crippen molar-refractivity contribution in [1.82, 2.24) is 9.38 Å². The Labute approximate surface area is 106 Å². The van der Waals surface area contributed by atoms with Crippen LogP contribution in [0.25, 0.3) is 5.65 Å². The zero-order valence-corrected chi connectivity index (χ0v) is 10.8. The number of carbonyl (C=O) groups is 1. The summed E-state index contributed by atoms with van der Waals surface area (Å²) in [5, 5.41) is 9.33. The number of hydrogen-bond acceptors (Lipinski definition) is 4. The zero-order chi connectivity index (χ0) is 12.4. The molecule has 0 bridgehead atoms. The standard InChI is InChI=1S/C11H11BrN2O3/c1-2-17-11(16)10-8(6-15)14-5-7(12)3-4-9(14)13-10/h3-5,15H,2,6H2,1H3. The second kappa shape index (κ2) is 4.85. The van der Waals surface area contributed by atoms with Gasteiger partial charge in [0.05, 0.1) is 18.9 Å². The molecule has 0 saturated carbocycles. The summed E-state index contributed by atoms with van der Waals surface area (Å²) in [6.07, 6.45) is 1.75. The topological polar surface area (TPSA) is 63.8 Å². The number of fused-ring (bicyclic) bond motifs is 1. The van der Waals surface area contributed by atoms with Gasteiger partial charge in [-0.15, -0.1) is 0 Å². The summed E-state index contributed by atoms with van der Waals surface area (Å²) in [7, 11) is 0. The highest BCUT2D eigenvalue weighted by Crippen LogP contribution is 2.17. The summed E-state index contributed by atoms with van der Waals surface area (Å²) < 4.78 is 7.40. The molecular weight excluding hydrogens is 288 g/mol. The van der Waals surface area contributed by atoms with Crippen molar-refractivity contribution < 1.29 is 14.6 Å². The van der Waals surface area contributed by atoms with E-state index in [9.17, 15) is 9.90 Å². The maximum Gasteiger partial charge on any atom is 0.358 e. The second-order valence-corrected chi connectivity index (χ2v) is 4.28. The van der Waals surface area contributed by atoms with Crippen molar-refractivity contribution >= 4 is 27.5 Å². The Bertz CT molecular complexity index is 565. The van der Waals surface area contributed by atoms with Gasteiger partial charge in [0.15, 0.2) is 5.69 Å². The molecule has 0 unspecified atom stereocenters. The van der Waals surface area contributed by atoms with Crippen LogP contribution < -0.4 is 0 Å². The molecular formula is C11H11BrN2O3. The SMILES string of the molecule is CCOC(=O)c1nc2ccc(Br)cn2c1CO. The first-order valence-electron chi connectivity index (χ1n) is 5.11. The van der Waals surface area contributed by atoms with Crippen LogP contribution in [0.3, 0.4) is 0 Å². The van der Waals surface area contributed by atoms with Gasteiger partial charge in [0, 0.05) is 10.7 Å². The average molecular weight is 299 g/mol. The predicted octanol–water partition coefficient (Wildman–Crippen LogP) is 1.77. The number of halogens is 1. The Balaban J connectivity index is 2.60. The Morgan fingerprint density at radius 1 is 1.59 bits per heavy atom. The zero-order valence-electron chi connectivity index (χ0n) is 9.18. The van der Waals surface area contributed by atoms with E-state index in [2.05, 4.69) is 20.9 Å². The first kappa shape index (κ1) is 12.1. The third-order valence-corrected chi connectivity index (χ3v) is 2.77. The monoisotopic (exact) mass is 298 g/mol. The molecule has 0 atom stereocenters. The molecule has 5 nitrogen and oxygen atoms in total. The van der Waals surface area contributed by atoms with Crippen LogP contribution in [0.15, 0.2) is 22.8 Å². The van der Waals surface area contributed by atoms with Crippen LogP contribution in [0.4, 0.5) is 0 Å². The highest BCUT2D eigenvalue weighted by atomic mass is 79.9. The Kier molecular flexibility index (Phi) is 3.44. The largest absolute Gasteiger partial charge is 0.461 e. The Morgan fingerprint density at radius 3 is 3.00 bits per heavy atom. The van der Waals surface area contributed by atoms with Gasteiger partial charge in [0.1, 0.15) is 5.65 Å². The van der Waals surface area contributed by atoms with Gasteiger partial charge >= 0.3 is 5.97 Å². The lowest BCUT2D eigenvalue weighted by Crippen LogP contribution is -2.08. The number of aromatic nitrogens is 2. The highest BCUT2D eigenvalue weighted by molar-refractivity contribution is 9.10. The molecule has 0 aliphatic heterocycles. The molecule has 2 heterocycles. The van der Waals surface area contributed by atoms with E-state index in [0.717, 1.165) is 4.47 Å².